The molecule has 2 heterocycles. The molecule has 22 heavy (non-hydrogen) atoms. The molecule has 2 aromatic heterocycles. The van der Waals surface area contributed by atoms with Crippen LogP contribution in [0.15, 0.2) is 4.52 Å². The zero-order valence-electron chi connectivity index (χ0n) is 12.1. The van der Waals surface area contributed by atoms with Gasteiger partial charge >= 0.3 is 17.5 Å². The van der Waals surface area contributed by atoms with Crippen LogP contribution in [0.2, 0.25) is 0 Å². The summed E-state index contributed by atoms with van der Waals surface area (Å²) in [7, 11) is 0. The minimum Gasteiger partial charge on any atom is -0.345 e. The van der Waals surface area contributed by atoms with Crippen LogP contribution in [-0.4, -0.2) is 36.8 Å². The van der Waals surface area contributed by atoms with Crippen molar-refractivity contribution in [1.82, 2.24) is 25.2 Å². The van der Waals surface area contributed by atoms with Crippen molar-refractivity contribution < 1.29 is 14.2 Å². The SMILES string of the molecule is Cc1nn(Cc2noc(C(=O)NC3CC3)n2)c(C)c1[N+](=O)[O-]. The molecule has 0 atom stereocenters. The highest BCUT2D eigenvalue weighted by atomic mass is 16.6. The number of rotatable bonds is 5. The summed E-state index contributed by atoms with van der Waals surface area (Å²) in [6, 6.07) is 0.196. The van der Waals surface area contributed by atoms with E-state index in [0.29, 0.717) is 11.4 Å². The fourth-order valence-corrected chi connectivity index (χ4v) is 2.12. The molecule has 1 aliphatic rings. The van der Waals surface area contributed by atoms with Gasteiger partial charge < -0.3 is 9.84 Å². The largest absolute Gasteiger partial charge is 0.345 e. The highest BCUT2D eigenvalue weighted by molar-refractivity contribution is 5.89. The van der Waals surface area contributed by atoms with E-state index in [-0.39, 0.29) is 30.0 Å². The maximum absolute atomic E-state index is 11.8. The number of hydrogen-bond acceptors (Lipinski definition) is 7. The average Bonchev–Trinajstić information content (AvgIpc) is 3.04. The lowest BCUT2D eigenvalue weighted by molar-refractivity contribution is -0.386. The third-order valence-electron chi connectivity index (χ3n) is 3.39. The lowest BCUT2D eigenvalue weighted by atomic mass is 10.3. The van der Waals surface area contributed by atoms with Gasteiger partial charge in [0.25, 0.3) is 0 Å². The molecular formula is C12H14N6O4. The summed E-state index contributed by atoms with van der Waals surface area (Å²) in [5.41, 5.74) is 0.684. The molecule has 0 aromatic carbocycles. The van der Waals surface area contributed by atoms with E-state index in [1.54, 1.807) is 13.8 Å². The van der Waals surface area contributed by atoms with Gasteiger partial charge in [-0.25, -0.2) is 0 Å². The molecule has 10 heteroatoms. The lowest BCUT2D eigenvalue weighted by Gasteiger charge is -1.98. The molecule has 0 radical (unpaired) electrons. The molecule has 1 fully saturated rings. The van der Waals surface area contributed by atoms with Gasteiger partial charge in [0.1, 0.15) is 17.9 Å². The Morgan fingerprint density at radius 3 is 2.82 bits per heavy atom. The highest BCUT2D eigenvalue weighted by Crippen LogP contribution is 2.22. The number of nitro groups is 1. The van der Waals surface area contributed by atoms with E-state index < -0.39 is 10.8 Å². The van der Waals surface area contributed by atoms with Crippen LogP contribution >= 0.6 is 0 Å². The molecule has 0 unspecified atom stereocenters. The van der Waals surface area contributed by atoms with Crippen molar-refractivity contribution in [1.29, 1.82) is 0 Å². The molecule has 0 spiro atoms. The van der Waals surface area contributed by atoms with Gasteiger partial charge in [-0.2, -0.15) is 10.1 Å². The number of aromatic nitrogens is 4. The van der Waals surface area contributed by atoms with Gasteiger partial charge in [-0.15, -0.1) is 0 Å². The van der Waals surface area contributed by atoms with E-state index in [9.17, 15) is 14.9 Å². The van der Waals surface area contributed by atoms with Gasteiger partial charge in [0.05, 0.1) is 4.92 Å². The summed E-state index contributed by atoms with van der Waals surface area (Å²) < 4.78 is 6.32. The number of hydrogen-bond donors (Lipinski definition) is 1. The van der Waals surface area contributed by atoms with Crippen LogP contribution in [0, 0.1) is 24.0 Å². The molecule has 1 aliphatic carbocycles. The standard InChI is InChI=1S/C12H14N6O4/c1-6-10(18(20)21)7(2)17(15-6)5-9-14-12(22-16-9)11(19)13-8-3-4-8/h8H,3-5H2,1-2H3,(H,13,19). The third kappa shape index (κ3) is 2.67. The van der Waals surface area contributed by atoms with E-state index >= 15 is 0 Å². The molecular weight excluding hydrogens is 292 g/mol. The number of amides is 1. The molecule has 0 bridgehead atoms. The van der Waals surface area contributed by atoms with Crippen LogP contribution in [0.4, 0.5) is 5.69 Å². The van der Waals surface area contributed by atoms with E-state index in [1.165, 1.54) is 4.68 Å². The minimum atomic E-state index is -0.473. The first-order valence-electron chi connectivity index (χ1n) is 6.77. The Labute approximate surface area is 124 Å². The quantitative estimate of drug-likeness (QED) is 0.636. The Bertz CT molecular complexity index is 745. The summed E-state index contributed by atoms with van der Waals surface area (Å²) in [6.07, 6.45) is 1.92. The Morgan fingerprint density at radius 2 is 2.23 bits per heavy atom. The lowest BCUT2D eigenvalue weighted by Crippen LogP contribution is -2.25. The molecule has 3 rings (SSSR count). The fraction of sp³-hybridized carbons (Fsp3) is 0.500. The number of nitrogens with zero attached hydrogens (tertiary/aromatic N) is 5. The highest BCUT2D eigenvalue weighted by Gasteiger charge is 2.27. The van der Waals surface area contributed by atoms with Crippen molar-refractivity contribution in [3.63, 3.8) is 0 Å². The zero-order chi connectivity index (χ0) is 15.9. The van der Waals surface area contributed by atoms with Crippen LogP contribution in [0.25, 0.3) is 0 Å². The Balaban J connectivity index is 1.76. The number of carbonyl (C=O) groups is 1. The van der Waals surface area contributed by atoms with Crippen LogP contribution in [0.1, 0.15) is 40.7 Å². The molecule has 1 saturated carbocycles. The Kier molecular flexibility index (Phi) is 3.35. The molecule has 10 nitrogen and oxygen atoms in total. The normalized spacial score (nSPS) is 14.1. The fourth-order valence-electron chi connectivity index (χ4n) is 2.12. The molecule has 0 aliphatic heterocycles. The predicted molar refractivity (Wildman–Crippen MR) is 72.2 cm³/mol. The van der Waals surface area contributed by atoms with Crippen LogP contribution < -0.4 is 5.32 Å². The van der Waals surface area contributed by atoms with E-state index in [4.69, 9.17) is 4.52 Å². The van der Waals surface area contributed by atoms with Gasteiger partial charge in [0, 0.05) is 6.04 Å². The first-order valence-corrected chi connectivity index (χ1v) is 6.77. The van der Waals surface area contributed by atoms with E-state index in [1.807, 2.05) is 0 Å². The van der Waals surface area contributed by atoms with Gasteiger partial charge in [0.2, 0.25) is 0 Å². The number of aryl methyl sites for hydroxylation is 1. The second-order valence-electron chi connectivity index (χ2n) is 5.20. The molecule has 2 aromatic rings. The van der Waals surface area contributed by atoms with E-state index in [0.717, 1.165) is 12.8 Å². The summed E-state index contributed by atoms with van der Waals surface area (Å²) in [4.78, 5) is 26.2. The first-order chi connectivity index (χ1) is 10.5. The predicted octanol–water partition coefficient (Wildman–Crippen LogP) is 0.732. The summed E-state index contributed by atoms with van der Waals surface area (Å²) in [6.45, 7) is 3.26. The first kappa shape index (κ1) is 14.2. The van der Waals surface area contributed by atoms with Crippen molar-refractivity contribution in [2.24, 2.45) is 0 Å². The second kappa shape index (κ2) is 5.20. The Hall–Kier alpha value is -2.78. The molecule has 116 valence electrons. The smallest absolute Gasteiger partial charge is 0.316 e. The van der Waals surface area contributed by atoms with Crippen molar-refractivity contribution in [2.45, 2.75) is 39.3 Å². The topological polar surface area (TPSA) is 129 Å². The van der Waals surface area contributed by atoms with Gasteiger partial charge in [-0.1, -0.05) is 5.16 Å². The average molecular weight is 306 g/mol. The second-order valence-corrected chi connectivity index (χ2v) is 5.20. The molecule has 0 saturated heterocycles. The maximum atomic E-state index is 11.8. The van der Waals surface area contributed by atoms with Crippen molar-refractivity contribution in [3.8, 4) is 0 Å². The maximum Gasteiger partial charge on any atom is 0.316 e. The Morgan fingerprint density at radius 1 is 1.50 bits per heavy atom. The van der Waals surface area contributed by atoms with Crippen LogP contribution in [0.5, 0.6) is 0 Å². The summed E-state index contributed by atoms with van der Waals surface area (Å²) in [5, 5.41) is 21.5. The summed E-state index contributed by atoms with van der Waals surface area (Å²) in [5.74, 6) is -0.278. The van der Waals surface area contributed by atoms with E-state index in [2.05, 4.69) is 20.6 Å². The zero-order valence-corrected chi connectivity index (χ0v) is 12.1. The summed E-state index contributed by atoms with van der Waals surface area (Å²) >= 11 is 0. The molecule has 1 N–H and O–H groups in total. The van der Waals surface area contributed by atoms with Crippen molar-refractivity contribution in [3.05, 3.63) is 33.2 Å². The third-order valence-corrected chi connectivity index (χ3v) is 3.39. The van der Waals surface area contributed by atoms with Gasteiger partial charge in [-0.05, 0) is 26.7 Å². The van der Waals surface area contributed by atoms with Gasteiger partial charge in [-0.3, -0.25) is 19.6 Å². The number of carbonyl (C=O) groups excluding carboxylic acids is 1. The number of nitrogens with one attached hydrogen (secondary N) is 1. The minimum absolute atomic E-state index is 0.0322. The van der Waals surface area contributed by atoms with Crippen LogP contribution in [-0.2, 0) is 6.54 Å². The molecule has 1 amide bonds. The van der Waals surface area contributed by atoms with Crippen molar-refractivity contribution in [2.75, 3.05) is 0 Å². The monoisotopic (exact) mass is 306 g/mol. The van der Waals surface area contributed by atoms with Crippen LogP contribution in [0.3, 0.4) is 0 Å². The van der Waals surface area contributed by atoms with Crippen molar-refractivity contribution >= 4 is 11.6 Å². The van der Waals surface area contributed by atoms with Gasteiger partial charge in [0.15, 0.2) is 5.82 Å².